The molecule has 0 amide bonds. The molecule has 1 aliphatic carbocycles. The number of halogens is 1. The van der Waals surface area contributed by atoms with E-state index in [1.807, 2.05) is 12.1 Å². The zero-order chi connectivity index (χ0) is 13.3. The summed E-state index contributed by atoms with van der Waals surface area (Å²) in [4.78, 5) is 0. The number of ether oxygens (including phenoxy) is 1. The van der Waals surface area contributed by atoms with E-state index >= 15 is 0 Å². The van der Waals surface area contributed by atoms with Crippen LogP contribution in [0.2, 0.25) is 0 Å². The third-order valence-corrected chi connectivity index (χ3v) is 5.04. The first-order valence-corrected chi connectivity index (χ1v) is 8.67. The van der Waals surface area contributed by atoms with Crippen molar-refractivity contribution in [1.29, 1.82) is 0 Å². The van der Waals surface area contributed by atoms with Gasteiger partial charge in [0.15, 0.2) is 0 Å². The highest BCUT2D eigenvalue weighted by molar-refractivity contribution is 14.1. The molecule has 1 aliphatic rings. The van der Waals surface area contributed by atoms with Crippen molar-refractivity contribution < 1.29 is 13.2 Å². The van der Waals surface area contributed by atoms with E-state index < -0.39 is 10.0 Å². The van der Waals surface area contributed by atoms with Gasteiger partial charge in [-0.3, -0.25) is 4.31 Å². The van der Waals surface area contributed by atoms with Crippen LogP contribution in [0.1, 0.15) is 12.8 Å². The molecule has 18 heavy (non-hydrogen) atoms. The Balaban J connectivity index is 2.19. The second-order valence-electron chi connectivity index (χ2n) is 4.60. The van der Waals surface area contributed by atoms with E-state index in [0.29, 0.717) is 11.6 Å². The Morgan fingerprint density at radius 2 is 2.11 bits per heavy atom. The average molecular weight is 381 g/mol. The molecule has 1 saturated carbocycles. The normalized spacial score (nSPS) is 15.5. The van der Waals surface area contributed by atoms with Gasteiger partial charge in [-0.15, -0.1) is 0 Å². The fraction of sp³-hybridized carbons (Fsp3) is 0.500. The molecule has 0 aromatic heterocycles. The number of hydrogen-bond donors (Lipinski definition) is 0. The lowest BCUT2D eigenvalue weighted by Gasteiger charge is -2.19. The molecule has 0 atom stereocenters. The predicted octanol–water partition coefficient (Wildman–Crippen LogP) is 2.48. The lowest BCUT2D eigenvalue weighted by Crippen LogP contribution is -2.25. The van der Waals surface area contributed by atoms with E-state index in [-0.39, 0.29) is 0 Å². The van der Waals surface area contributed by atoms with Crippen LogP contribution in [-0.4, -0.2) is 28.3 Å². The van der Waals surface area contributed by atoms with Gasteiger partial charge >= 0.3 is 0 Å². The number of nitrogens with zero attached hydrogens (tertiary/aromatic N) is 1. The zero-order valence-electron chi connectivity index (χ0n) is 10.4. The summed E-state index contributed by atoms with van der Waals surface area (Å²) in [7, 11) is -1.69. The molecule has 0 aliphatic heterocycles. The molecule has 0 radical (unpaired) electrons. The summed E-state index contributed by atoms with van der Waals surface area (Å²) in [6, 6.07) is 5.54. The number of benzene rings is 1. The van der Waals surface area contributed by atoms with Gasteiger partial charge in [0.05, 0.1) is 18.6 Å². The van der Waals surface area contributed by atoms with Gasteiger partial charge in [0.25, 0.3) is 0 Å². The van der Waals surface area contributed by atoms with E-state index in [9.17, 15) is 8.42 Å². The van der Waals surface area contributed by atoms with Gasteiger partial charge in [-0.1, -0.05) is 0 Å². The Morgan fingerprint density at radius 1 is 1.44 bits per heavy atom. The molecule has 1 fully saturated rings. The van der Waals surface area contributed by atoms with Crippen molar-refractivity contribution in [2.24, 2.45) is 5.92 Å². The van der Waals surface area contributed by atoms with Crippen LogP contribution in [0.15, 0.2) is 18.2 Å². The highest BCUT2D eigenvalue weighted by atomic mass is 127. The van der Waals surface area contributed by atoms with Crippen LogP contribution < -0.4 is 9.04 Å². The summed E-state index contributed by atoms with van der Waals surface area (Å²) >= 11 is 2.12. The molecule has 0 unspecified atom stereocenters. The maximum atomic E-state index is 11.6. The first-order valence-electron chi connectivity index (χ1n) is 5.74. The SMILES string of the molecule is CN(c1cc(OCC2CC2)ccc1I)S(C)(=O)=O. The first-order chi connectivity index (χ1) is 8.38. The van der Waals surface area contributed by atoms with Crippen molar-refractivity contribution in [3.63, 3.8) is 0 Å². The Hall–Kier alpha value is -0.500. The van der Waals surface area contributed by atoms with Gasteiger partial charge in [0.2, 0.25) is 10.0 Å². The van der Waals surface area contributed by atoms with Crippen LogP contribution in [0.25, 0.3) is 0 Å². The molecule has 4 nitrogen and oxygen atoms in total. The fourth-order valence-corrected chi connectivity index (χ4v) is 2.87. The van der Waals surface area contributed by atoms with Crippen LogP contribution in [0.4, 0.5) is 5.69 Å². The van der Waals surface area contributed by atoms with Crippen LogP contribution >= 0.6 is 22.6 Å². The van der Waals surface area contributed by atoms with Gasteiger partial charge in [0.1, 0.15) is 5.75 Å². The number of sulfonamides is 1. The molecular formula is C12H16INO3S. The fourth-order valence-electron chi connectivity index (χ4n) is 1.50. The van der Waals surface area contributed by atoms with Crippen molar-refractivity contribution in [1.82, 2.24) is 0 Å². The van der Waals surface area contributed by atoms with Gasteiger partial charge in [-0.25, -0.2) is 8.42 Å². The zero-order valence-corrected chi connectivity index (χ0v) is 13.4. The van der Waals surface area contributed by atoms with E-state index in [1.165, 1.54) is 23.4 Å². The van der Waals surface area contributed by atoms with Crippen LogP contribution in [0.5, 0.6) is 5.75 Å². The van der Waals surface area contributed by atoms with E-state index in [1.54, 1.807) is 13.1 Å². The lowest BCUT2D eigenvalue weighted by atomic mass is 10.3. The number of anilines is 1. The molecule has 100 valence electrons. The Morgan fingerprint density at radius 3 is 2.67 bits per heavy atom. The summed E-state index contributed by atoms with van der Waals surface area (Å²) < 4.78 is 30.9. The number of rotatable bonds is 5. The predicted molar refractivity (Wildman–Crippen MR) is 80.6 cm³/mol. The molecule has 0 bridgehead atoms. The minimum atomic E-state index is -3.24. The van der Waals surface area contributed by atoms with E-state index in [4.69, 9.17) is 4.74 Å². The standard InChI is InChI=1S/C12H16INO3S/c1-14(18(2,15)16)12-7-10(5-6-11(12)13)17-8-9-3-4-9/h5-7,9H,3-4,8H2,1-2H3. The largest absolute Gasteiger partial charge is 0.493 e. The molecule has 6 heteroatoms. The highest BCUT2D eigenvalue weighted by Gasteiger charge is 2.22. The molecule has 0 saturated heterocycles. The Bertz CT molecular complexity index is 540. The molecule has 1 aromatic rings. The van der Waals surface area contributed by atoms with E-state index in [0.717, 1.165) is 15.9 Å². The van der Waals surface area contributed by atoms with Crippen molar-refractivity contribution in [2.45, 2.75) is 12.8 Å². The Labute approximate surface area is 122 Å². The maximum Gasteiger partial charge on any atom is 0.232 e. The minimum absolute atomic E-state index is 0.659. The third-order valence-electron chi connectivity index (χ3n) is 2.94. The average Bonchev–Trinajstić information content (AvgIpc) is 3.09. The van der Waals surface area contributed by atoms with Crippen molar-refractivity contribution in [3.8, 4) is 5.75 Å². The molecule has 0 heterocycles. The van der Waals surface area contributed by atoms with Crippen molar-refractivity contribution in [2.75, 3.05) is 24.2 Å². The molecule has 1 aromatic carbocycles. The summed E-state index contributed by atoms with van der Waals surface area (Å²) in [6.45, 7) is 0.725. The van der Waals surface area contributed by atoms with E-state index in [2.05, 4.69) is 22.6 Å². The quantitative estimate of drug-likeness (QED) is 0.737. The Kier molecular flexibility index (Phi) is 4.05. The van der Waals surface area contributed by atoms with Gasteiger partial charge in [0, 0.05) is 16.7 Å². The van der Waals surface area contributed by atoms with Gasteiger partial charge in [-0.05, 0) is 53.5 Å². The third kappa shape index (κ3) is 3.50. The molecular weight excluding hydrogens is 365 g/mol. The second-order valence-corrected chi connectivity index (χ2v) is 7.77. The maximum absolute atomic E-state index is 11.6. The van der Waals surface area contributed by atoms with Crippen molar-refractivity contribution >= 4 is 38.3 Å². The summed E-state index contributed by atoms with van der Waals surface area (Å²) in [5.74, 6) is 1.41. The van der Waals surface area contributed by atoms with Crippen LogP contribution in [-0.2, 0) is 10.0 Å². The monoisotopic (exact) mass is 381 g/mol. The second kappa shape index (κ2) is 5.24. The van der Waals surface area contributed by atoms with Crippen LogP contribution in [0, 0.1) is 9.49 Å². The highest BCUT2D eigenvalue weighted by Crippen LogP contribution is 2.32. The number of hydrogen-bond acceptors (Lipinski definition) is 3. The lowest BCUT2D eigenvalue weighted by molar-refractivity contribution is 0.300. The minimum Gasteiger partial charge on any atom is -0.493 e. The molecule has 0 spiro atoms. The van der Waals surface area contributed by atoms with Gasteiger partial charge in [-0.2, -0.15) is 0 Å². The summed E-state index contributed by atoms with van der Waals surface area (Å²) in [5, 5.41) is 0. The first kappa shape index (κ1) is 13.9. The van der Waals surface area contributed by atoms with Crippen molar-refractivity contribution in [3.05, 3.63) is 21.8 Å². The molecule has 0 N–H and O–H groups in total. The van der Waals surface area contributed by atoms with Gasteiger partial charge < -0.3 is 4.74 Å². The molecule has 2 rings (SSSR count). The van der Waals surface area contributed by atoms with Crippen LogP contribution in [0.3, 0.4) is 0 Å². The summed E-state index contributed by atoms with van der Waals surface area (Å²) in [6.07, 6.45) is 3.67. The summed E-state index contributed by atoms with van der Waals surface area (Å²) in [5.41, 5.74) is 0.659. The smallest absolute Gasteiger partial charge is 0.232 e. The topological polar surface area (TPSA) is 46.6 Å².